The van der Waals surface area contributed by atoms with Gasteiger partial charge >= 0.3 is 6.09 Å². The Morgan fingerprint density at radius 3 is 2.50 bits per heavy atom. The van der Waals surface area contributed by atoms with Gasteiger partial charge in [0.25, 0.3) is 0 Å². The Labute approximate surface area is 241 Å². The summed E-state index contributed by atoms with van der Waals surface area (Å²) >= 11 is 6.47. The number of aromatic nitrogens is 2. The molecule has 10 nitrogen and oxygen atoms in total. The van der Waals surface area contributed by atoms with E-state index in [-0.39, 0.29) is 28.9 Å². The maximum atomic E-state index is 14.0. The molecule has 40 heavy (non-hydrogen) atoms. The first-order valence-electron chi connectivity index (χ1n) is 14.6. The summed E-state index contributed by atoms with van der Waals surface area (Å²) in [6.07, 6.45) is 6.22. The molecule has 0 unspecified atom stereocenters. The molecule has 0 radical (unpaired) electrons. The molecule has 0 bridgehead atoms. The predicted molar refractivity (Wildman–Crippen MR) is 151 cm³/mol. The SMILES string of the molecule is C[C@H]1CN(C(=O)OC(C)(C)C)CCCN1c1cc(Cl)nc(C(=O)C2=C(N)[C@]3(CCCCC34OCCO4)CCC2)n1. The van der Waals surface area contributed by atoms with Gasteiger partial charge in [-0.1, -0.05) is 18.0 Å². The molecular weight excluding hydrogens is 534 g/mol. The highest BCUT2D eigenvalue weighted by Gasteiger charge is 2.59. The van der Waals surface area contributed by atoms with Crippen LogP contribution in [0.5, 0.6) is 0 Å². The number of halogens is 1. The molecule has 220 valence electrons. The number of ether oxygens (including phenoxy) is 3. The highest BCUT2D eigenvalue weighted by atomic mass is 35.5. The van der Waals surface area contributed by atoms with Crippen LogP contribution in [0.2, 0.25) is 5.15 Å². The van der Waals surface area contributed by atoms with E-state index >= 15 is 0 Å². The van der Waals surface area contributed by atoms with Crippen LogP contribution in [0.3, 0.4) is 0 Å². The predicted octanol–water partition coefficient (Wildman–Crippen LogP) is 4.85. The lowest BCUT2D eigenvalue weighted by Crippen LogP contribution is -2.56. The smallest absolute Gasteiger partial charge is 0.410 e. The van der Waals surface area contributed by atoms with E-state index in [1.165, 1.54) is 0 Å². The minimum Gasteiger partial charge on any atom is -0.444 e. The fourth-order valence-electron chi connectivity index (χ4n) is 6.89. The number of ketones is 1. The maximum absolute atomic E-state index is 14.0. The van der Waals surface area contributed by atoms with Crippen molar-refractivity contribution in [3.63, 3.8) is 0 Å². The van der Waals surface area contributed by atoms with Crippen molar-refractivity contribution in [3.05, 3.63) is 28.3 Å². The molecule has 2 saturated heterocycles. The first-order chi connectivity index (χ1) is 18.9. The van der Waals surface area contributed by atoms with Gasteiger partial charge in [-0.25, -0.2) is 14.8 Å². The zero-order valence-corrected chi connectivity index (χ0v) is 24.9. The van der Waals surface area contributed by atoms with Gasteiger partial charge in [-0.2, -0.15) is 0 Å². The molecule has 0 aromatic carbocycles. The van der Waals surface area contributed by atoms with E-state index in [1.807, 2.05) is 27.7 Å². The minimum absolute atomic E-state index is 0.0380. The van der Waals surface area contributed by atoms with Gasteiger partial charge in [0, 0.05) is 49.4 Å². The second-order valence-corrected chi connectivity index (χ2v) is 12.9. The molecule has 11 heteroatoms. The molecule has 4 aliphatic rings. The lowest BCUT2D eigenvalue weighted by atomic mass is 9.61. The lowest BCUT2D eigenvalue weighted by Gasteiger charge is -2.52. The second-order valence-electron chi connectivity index (χ2n) is 12.5. The number of carbonyl (C=O) groups is 2. The normalized spacial score (nSPS) is 27.3. The van der Waals surface area contributed by atoms with Crippen LogP contribution >= 0.6 is 11.6 Å². The highest BCUT2D eigenvalue weighted by Crippen LogP contribution is 2.57. The van der Waals surface area contributed by atoms with Gasteiger partial charge in [0.1, 0.15) is 16.6 Å². The van der Waals surface area contributed by atoms with Crippen LogP contribution in [0, 0.1) is 5.41 Å². The number of nitrogens with zero attached hydrogens (tertiary/aromatic N) is 4. The standard InChI is InChI=1S/C29H42ClN5O5/c1-19-18-34(26(37)40-27(2,3)4)13-8-14-35(19)22-17-21(30)32-25(33-22)23(36)20-9-7-11-28(24(20)31)10-5-6-12-29(28)38-15-16-39-29/h17,19H,5-16,18,31H2,1-4H3/t19-,28-/m0/s1. The number of allylic oxidation sites excluding steroid dienone is 1. The molecule has 3 heterocycles. The number of nitrogens with two attached hydrogens (primary N) is 1. The summed E-state index contributed by atoms with van der Waals surface area (Å²) in [4.78, 5) is 39.5. The van der Waals surface area contributed by atoms with Crippen molar-refractivity contribution < 1.29 is 23.8 Å². The van der Waals surface area contributed by atoms with E-state index in [9.17, 15) is 9.59 Å². The van der Waals surface area contributed by atoms with Gasteiger partial charge in [-0.05, 0) is 66.2 Å². The van der Waals surface area contributed by atoms with Crippen molar-refractivity contribution in [2.45, 2.75) is 96.5 Å². The largest absolute Gasteiger partial charge is 0.444 e. The van der Waals surface area contributed by atoms with Crippen molar-refractivity contribution in [3.8, 4) is 0 Å². The third-order valence-electron chi connectivity index (χ3n) is 8.66. The molecule has 3 fully saturated rings. The van der Waals surface area contributed by atoms with Crippen LogP contribution in [-0.4, -0.2) is 77.0 Å². The fourth-order valence-corrected chi connectivity index (χ4v) is 7.07. The Kier molecular flexibility index (Phi) is 8.07. The van der Waals surface area contributed by atoms with Crippen LogP contribution in [0.4, 0.5) is 10.6 Å². The van der Waals surface area contributed by atoms with Gasteiger partial charge in [0.05, 0.1) is 18.6 Å². The molecule has 1 aromatic rings. The summed E-state index contributed by atoms with van der Waals surface area (Å²) in [6.45, 7) is 10.4. The van der Waals surface area contributed by atoms with E-state index in [2.05, 4.69) is 9.88 Å². The van der Waals surface area contributed by atoms with Gasteiger partial charge in [0.2, 0.25) is 11.6 Å². The Bertz CT molecular complexity index is 1180. The minimum atomic E-state index is -0.761. The summed E-state index contributed by atoms with van der Waals surface area (Å²) in [5, 5.41) is 0.190. The van der Waals surface area contributed by atoms with E-state index < -0.39 is 16.8 Å². The monoisotopic (exact) mass is 575 g/mol. The topological polar surface area (TPSA) is 120 Å². The zero-order valence-electron chi connectivity index (χ0n) is 24.1. The molecule has 1 saturated carbocycles. The van der Waals surface area contributed by atoms with Crippen LogP contribution < -0.4 is 10.6 Å². The van der Waals surface area contributed by atoms with Crippen LogP contribution in [0.15, 0.2) is 17.3 Å². The summed E-state index contributed by atoms with van der Waals surface area (Å²) < 4.78 is 18.1. The van der Waals surface area contributed by atoms with Gasteiger partial charge in [0.15, 0.2) is 5.79 Å². The van der Waals surface area contributed by atoms with Crippen molar-refractivity contribution in [2.75, 3.05) is 37.7 Å². The van der Waals surface area contributed by atoms with Crippen molar-refractivity contribution in [1.82, 2.24) is 14.9 Å². The van der Waals surface area contributed by atoms with Crippen molar-refractivity contribution in [1.29, 1.82) is 0 Å². The summed E-state index contributed by atoms with van der Waals surface area (Å²) in [6, 6.07) is 1.60. The summed E-state index contributed by atoms with van der Waals surface area (Å²) in [7, 11) is 0. The average Bonchev–Trinajstić information content (AvgIpc) is 3.27. The van der Waals surface area contributed by atoms with Crippen LogP contribution in [-0.2, 0) is 14.2 Å². The Balaban J connectivity index is 1.41. The number of amides is 1. The highest BCUT2D eigenvalue weighted by molar-refractivity contribution is 6.29. The van der Waals surface area contributed by atoms with E-state index in [1.54, 1.807) is 11.0 Å². The zero-order chi connectivity index (χ0) is 28.7. The number of anilines is 1. The summed E-state index contributed by atoms with van der Waals surface area (Å²) in [5.41, 5.74) is 6.90. The third-order valence-corrected chi connectivity index (χ3v) is 8.86. The van der Waals surface area contributed by atoms with Crippen LogP contribution in [0.25, 0.3) is 0 Å². The van der Waals surface area contributed by atoms with Crippen LogP contribution in [0.1, 0.15) is 89.7 Å². The molecule has 2 spiro atoms. The molecule has 2 aliphatic heterocycles. The van der Waals surface area contributed by atoms with Crippen molar-refractivity contribution >= 4 is 29.3 Å². The Morgan fingerprint density at radius 1 is 1.07 bits per heavy atom. The van der Waals surface area contributed by atoms with Crippen molar-refractivity contribution in [2.24, 2.45) is 11.1 Å². The molecule has 1 aromatic heterocycles. The van der Waals surface area contributed by atoms with E-state index in [0.717, 1.165) is 44.9 Å². The molecule has 2 N–H and O–H groups in total. The Morgan fingerprint density at radius 2 is 1.77 bits per heavy atom. The number of hydrogen-bond donors (Lipinski definition) is 1. The molecule has 5 rings (SSSR count). The fraction of sp³-hybridized carbons (Fsp3) is 0.724. The molecule has 2 aliphatic carbocycles. The molecule has 2 atom stereocenters. The first-order valence-corrected chi connectivity index (χ1v) is 14.9. The van der Waals surface area contributed by atoms with E-state index in [0.29, 0.717) is 56.4 Å². The Hall–Kier alpha value is -2.43. The number of Topliss-reactive ketones (excluding diaryl/α,β-unsaturated/α-hetero) is 1. The number of fused-ring (bicyclic) bond motifs is 1. The summed E-state index contributed by atoms with van der Waals surface area (Å²) in [5.74, 6) is -0.459. The second kappa shape index (κ2) is 11.1. The number of hydrogen-bond acceptors (Lipinski definition) is 9. The maximum Gasteiger partial charge on any atom is 0.410 e. The quantitative estimate of drug-likeness (QED) is 0.398. The third kappa shape index (κ3) is 5.42. The number of carbonyl (C=O) groups excluding carboxylic acids is 2. The van der Waals surface area contributed by atoms with Gasteiger partial charge in [-0.15, -0.1) is 0 Å². The number of rotatable bonds is 3. The average molecular weight is 576 g/mol. The molecule has 1 amide bonds. The molecular formula is C29H42ClN5O5. The van der Waals surface area contributed by atoms with Gasteiger partial charge in [-0.3, -0.25) is 4.79 Å². The first kappa shape index (κ1) is 29.1. The van der Waals surface area contributed by atoms with E-state index in [4.69, 9.17) is 36.5 Å². The lowest BCUT2D eigenvalue weighted by molar-refractivity contribution is -0.248. The van der Waals surface area contributed by atoms with Gasteiger partial charge < -0.3 is 29.7 Å².